The fourth-order valence-corrected chi connectivity index (χ4v) is 3.29. The molecule has 1 aliphatic carbocycles. The van der Waals surface area contributed by atoms with E-state index in [0.717, 1.165) is 32.1 Å². The predicted molar refractivity (Wildman–Crippen MR) is 73.6 cm³/mol. The van der Waals surface area contributed by atoms with Crippen LogP contribution in [0.1, 0.15) is 39.0 Å². The zero-order chi connectivity index (χ0) is 14.7. The number of likely N-dealkylation sites (N-methyl/N-ethyl adjacent to an activating group) is 1. The minimum atomic E-state index is -0.950. The molecule has 20 heavy (non-hydrogen) atoms. The number of ether oxygens (including phenoxy) is 1. The Morgan fingerprint density at radius 2 is 1.90 bits per heavy atom. The number of hydrogen-bond acceptors (Lipinski definition) is 3. The second kappa shape index (κ2) is 6.43. The molecule has 2 amide bonds. The van der Waals surface area contributed by atoms with E-state index in [4.69, 9.17) is 9.84 Å². The number of carboxylic acids is 1. The molecule has 2 rings (SSSR count). The molecule has 2 fully saturated rings. The average molecular weight is 284 g/mol. The molecule has 0 spiro atoms. The molecule has 0 radical (unpaired) electrons. The van der Waals surface area contributed by atoms with E-state index < -0.39 is 5.97 Å². The van der Waals surface area contributed by atoms with Crippen LogP contribution < -0.4 is 0 Å². The molecule has 2 unspecified atom stereocenters. The van der Waals surface area contributed by atoms with E-state index in [0.29, 0.717) is 6.61 Å². The maximum absolute atomic E-state index is 12.6. The number of carbonyl (C=O) groups excluding carboxylic acids is 1. The number of hydrogen-bond donors (Lipinski definition) is 1. The summed E-state index contributed by atoms with van der Waals surface area (Å²) in [6.07, 6.45) is 4.78. The molecule has 1 saturated heterocycles. The monoisotopic (exact) mass is 284 g/mol. The summed E-state index contributed by atoms with van der Waals surface area (Å²) in [5, 5.41) is 9.06. The van der Waals surface area contributed by atoms with Gasteiger partial charge < -0.3 is 19.6 Å². The van der Waals surface area contributed by atoms with Crippen molar-refractivity contribution >= 4 is 12.0 Å². The van der Waals surface area contributed by atoms with Crippen molar-refractivity contribution in [1.29, 1.82) is 0 Å². The summed E-state index contributed by atoms with van der Waals surface area (Å²) in [6, 6.07) is -0.0690. The Bertz CT molecular complexity index is 368. The van der Waals surface area contributed by atoms with Crippen LogP contribution in [0.4, 0.5) is 4.79 Å². The number of nitrogens with zero attached hydrogens (tertiary/aromatic N) is 2. The molecular weight excluding hydrogens is 260 g/mol. The van der Waals surface area contributed by atoms with Crippen molar-refractivity contribution < 1.29 is 19.4 Å². The van der Waals surface area contributed by atoms with Crippen molar-refractivity contribution in [2.75, 3.05) is 20.2 Å². The first-order valence-electron chi connectivity index (χ1n) is 7.37. The molecule has 1 heterocycles. The van der Waals surface area contributed by atoms with Gasteiger partial charge in [-0.25, -0.2) is 4.79 Å². The summed E-state index contributed by atoms with van der Waals surface area (Å²) in [7, 11) is 1.75. The van der Waals surface area contributed by atoms with Crippen molar-refractivity contribution in [2.24, 2.45) is 0 Å². The van der Waals surface area contributed by atoms with Crippen molar-refractivity contribution in [3.63, 3.8) is 0 Å². The molecule has 6 nitrogen and oxygen atoms in total. The van der Waals surface area contributed by atoms with Crippen molar-refractivity contribution in [3.8, 4) is 0 Å². The number of aliphatic carboxylic acids is 1. The largest absolute Gasteiger partial charge is 0.480 e. The second-order valence-corrected chi connectivity index (χ2v) is 5.79. The molecule has 1 aliphatic heterocycles. The van der Waals surface area contributed by atoms with Gasteiger partial charge in [0.1, 0.15) is 6.54 Å². The Morgan fingerprint density at radius 1 is 1.25 bits per heavy atom. The molecule has 114 valence electrons. The van der Waals surface area contributed by atoms with Crippen molar-refractivity contribution in [2.45, 2.75) is 57.2 Å². The Balaban J connectivity index is 2.06. The van der Waals surface area contributed by atoms with Gasteiger partial charge in [-0.2, -0.15) is 0 Å². The van der Waals surface area contributed by atoms with Gasteiger partial charge in [0.05, 0.1) is 12.1 Å². The molecular formula is C14H24N2O4. The maximum Gasteiger partial charge on any atom is 0.323 e. The third-order valence-corrected chi connectivity index (χ3v) is 4.45. The van der Waals surface area contributed by atoms with Crippen molar-refractivity contribution in [1.82, 2.24) is 9.80 Å². The standard InChI is InChI=1S/C14H24N2O4/c1-10-12(7-8-20-10)15(2)14(19)16(9-13(17)18)11-5-3-4-6-11/h10-12H,3-9H2,1-2H3,(H,17,18). The predicted octanol–water partition coefficient (Wildman–Crippen LogP) is 1.54. The Labute approximate surface area is 119 Å². The summed E-state index contributed by atoms with van der Waals surface area (Å²) < 4.78 is 5.49. The third kappa shape index (κ3) is 3.23. The zero-order valence-corrected chi connectivity index (χ0v) is 12.2. The molecule has 0 aromatic heterocycles. The lowest BCUT2D eigenvalue weighted by Crippen LogP contribution is -2.52. The van der Waals surface area contributed by atoms with Crippen LogP contribution in [0.3, 0.4) is 0 Å². The Morgan fingerprint density at radius 3 is 2.40 bits per heavy atom. The highest BCUT2D eigenvalue weighted by atomic mass is 16.5. The van der Waals surface area contributed by atoms with Crippen LogP contribution in [0.15, 0.2) is 0 Å². The molecule has 1 saturated carbocycles. The van der Waals surface area contributed by atoms with Crippen LogP contribution in [0.25, 0.3) is 0 Å². The lowest BCUT2D eigenvalue weighted by molar-refractivity contribution is -0.138. The highest BCUT2D eigenvalue weighted by molar-refractivity contribution is 5.80. The van der Waals surface area contributed by atoms with E-state index in [1.807, 2.05) is 6.92 Å². The summed E-state index contributed by atoms with van der Waals surface area (Å²) in [5.74, 6) is -0.950. The minimum absolute atomic E-state index is 0.0132. The van der Waals surface area contributed by atoms with Gasteiger partial charge in [-0.1, -0.05) is 12.8 Å². The zero-order valence-electron chi connectivity index (χ0n) is 12.2. The fourth-order valence-electron chi connectivity index (χ4n) is 3.29. The van der Waals surface area contributed by atoms with Gasteiger partial charge in [0.25, 0.3) is 0 Å². The Hall–Kier alpha value is -1.30. The molecule has 0 aromatic carbocycles. The average Bonchev–Trinajstić information content (AvgIpc) is 3.05. The first-order chi connectivity index (χ1) is 9.50. The number of carbonyl (C=O) groups is 2. The van der Waals surface area contributed by atoms with Crippen LogP contribution in [0, 0.1) is 0 Å². The minimum Gasteiger partial charge on any atom is -0.480 e. The van der Waals surface area contributed by atoms with Crippen LogP contribution in [0.2, 0.25) is 0 Å². The molecule has 6 heteroatoms. The van der Waals surface area contributed by atoms with Gasteiger partial charge >= 0.3 is 12.0 Å². The third-order valence-electron chi connectivity index (χ3n) is 4.45. The normalized spacial score (nSPS) is 26.7. The van der Waals surface area contributed by atoms with E-state index in [1.165, 1.54) is 4.90 Å². The molecule has 2 aliphatic rings. The summed E-state index contributed by atoms with van der Waals surface area (Å²) in [5.41, 5.74) is 0. The van der Waals surface area contributed by atoms with Crippen LogP contribution >= 0.6 is 0 Å². The van der Waals surface area contributed by atoms with Gasteiger partial charge in [0.2, 0.25) is 0 Å². The summed E-state index contributed by atoms with van der Waals surface area (Å²) >= 11 is 0. The van der Waals surface area contributed by atoms with E-state index in [9.17, 15) is 9.59 Å². The topological polar surface area (TPSA) is 70.1 Å². The van der Waals surface area contributed by atoms with Gasteiger partial charge in [0, 0.05) is 19.7 Å². The fraction of sp³-hybridized carbons (Fsp3) is 0.857. The van der Waals surface area contributed by atoms with E-state index in [2.05, 4.69) is 0 Å². The number of carboxylic acid groups (broad SMARTS) is 1. The lowest BCUT2D eigenvalue weighted by atomic mass is 10.1. The molecule has 1 N–H and O–H groups in total. The van der Waals surface area contributed by atoms with Crippen molar-refractivity contribution in [3.05, 3.63) is 0 Å². The van der Waals surface area contributed by atoms with Crippen LogP contribution in [-0.2, 0) is 9.53 Å². The van der Waals surface area contributed by atoms with Crippen LogP contribution in [-0.4, -0.2) is 65.3 Å². The van der Waals surface area contributed by atoms with Gasteiger partial charge in [-0.3, -0.25) is 4.79 Å². The van der Waals surface area contributed by atoms with Crippen LogP contribution in [0.5, 0.6) is 0 Å². The first kappa shape index (κ1) is 15.1. The van der Waals surface area contributed by atoms with Gasteiger partial charge in [0.15, 0.2) is 0 Å². The molecule has 0 bridgehead atoms. The maximum atomic E-state index is 12.6. The highest BCUT2D eigenvalue weighted by Gasteiger charge is 2.36. The summed E-state index contributed by atoms with van der Waals surface area (Å²) in [4.78, 5) is 26.9. The van der Waals surface area contributed by atoms with E-state index >= 15 is 0 Å². The number of rotatable bonds is 4. The number of amides is 2. The lowest BCUT2D eigenvalue weighted by Gasteiger charge is -2.35. The highest BCUT2D eigenvalue weighted by Crippen LogP contribution is 2.26. The van der Waals surface area contributed by atoms with Gasteiger partial charge in [-0.05, 0) is 26.2 Å². The Kier molecular flexibility index (Phi) is 4.86. The summed E-state index contributed by atoms with van der Waals surface area (Å²) in [6.45, 7) is 2.40. The van der Waals surface area contributed by atoms with Gasteiger partial charge in [-0.15, -0.1) is 0 Å². The number of urea groups is 1. The van der Waals surface area contributed by atoms with E-state index in [-0.39, 0.29) is 30.8 Å². The quantitative estimate of drug-likeness (QED) is 0.850. The SMILES string of the molecule is CC1OCCC1N(C)C(=O)N(CC(=O)O)C1CCCC1. The van der Waals surface area contributed by atoms with E-state index in [1.54, 1.807) is 11.9 Å². The smallest absolute Gasteiger partial charge is 0.323 e. The molecule has 0 aromatic rings. The second-order valence-electron chi connectivity index (χ2n) is 5.79. The first-order valence-corrected chi connectivity index (χ1v) is 7.37. The molecule has 2 atom stereocenters.